The van der Waals surface area contributed by atoms with Crippen LogP contribution in [0.5, 0.6) is 5.75 Å². The molecule has 0 aliphatic heterocycles. The average Bonchev–Trinajstić information content (AvgIpc) is 2.48. The molecule has 2 aromatic carbocycles. The Bertz CT molecular complexity index is 802. The third-order valence-corrected chi connectivity index (χ3v) is 3.36. The first-order valence-corrected chi connectivity index (χ1v) is 6.66. The Morgan fingerprint density at radius 1 is 1.14 bits per heavy atom. The number of halogens is 1. The van der Waals surface area contributed by atoms with Gasteiger partial charge < -0.3 is 10.5 Å². The number of hydrogen-bond donors (Lipinski definition) is 1. The molecule has 0 aliphatic rings. The van der Waals surface area contributed by atoms with Gasteiger partial charge in [0.15, 0.2) is 0 Å². The van der Waals surface area contributed by atoms with Crippen LogP contribution < -0.4 is 10.5 Å². The maximum atomic E-state index is 13.2. The van der Waals surface area contributed by atoms with Gasteiger partial charge in [0.1, 0.15) is 24.0 Å². The number of ether oxygens (including phenoxy) is 1. The second kappa shape index (κ2) is 5.40. The number of rotatable bonds is 3. The van der Waals surface area contributed by atoms with Crippen LogP contribution in [0.15, 0.2) is 48.5 Å². The van der Waals surface area contributed by atoms with Gasteiger partial charge >= 0.3 is 0 Å². The second-order valence-corrected chi connectivity index (χ2v) is 4.93. The zero-order valence-electron chi connectivity index (χ0n) is 11.6. The maximum Gasteiger partial charge on any atom is 0.130 e. The molecule has 0 spiro atoms. The first-order valence-electron chi connectivity index (χ1n) is 6.66. The van der Waals surface area contributed by atoms with E-state index in [-0.39, 0.29) is 5.82 Å². The molecular formula is C17H15FN2O. The van der Waals surface area contributed by atoms with Crippen LogP contribution in [0.3, 0.4) is 0 Å². The highest BCUT2D eigenvalue weighted by Crippen LogP contribution is 2.21. The van der Waals surface area contributed by atoms with Crippen molar-refractivity contribution in [3.8, 4) is 5.75 Å². The molecule has 0 saturated heterocycles. The number of hydrogen-bond acceptors (Lipinski definition) is 3. The highest BCUT2D eigenvalue weighted by molar-refractivity contribution is 5.81. The minimum Gasteiger partial charge on any atom is -0.489 e. The summed E-state index contributed by atoms with van der Waals surface area (Å²) in [4.78, 5) is 4.36. The molecule has 1 aromatic heterocycles. The number of fused-ring (bicyclic) bond motifs is 1. The summed E-state index contributed by atoms with van der Waals surface area (Å²) in [5, 5.41) is 1.01. The van der Waals surface area contributed by atoms with E-state index in [2.05, 4.69) is 4.98 Å². The molecule has 3 rings (SSSR count). The number of nitrogen functional groups attached to an aromatic ring is 1. The third kappa shape index (κ3) is 2.79. The monoisotopic (exact) mass is 282 g/mol. The van der Waals surface area contributed by atoms with Crippen molar-refractivity contribution < 1.29 is 9.13 Å². The van der Waals surface area contributed by atoms with Crippen molar-refractivity contribution in [2.45, 2.75) is 13.5 Å². The number of anilines is 1. The molecule has 1 heterocycles. The van der Waals surface area contributed by atoms with Crippen molar-refractivity contribution in [2.24, 2.45) is 0 Å². The van der Waals surface area contributed by atoms with E-state index in [1.165, 1.54) is 6.07 Å². The molecule has 0 fully saturated rings. The lowest BCUT2D eigenvalue weighted by molar-refractivity contribution is 0.306. The van der Waals surface area contributed by atoms with E-state index >= 15 is 0 Å². The molecule has 0 amide bonds. The summed E-state index contributed by atoms with van der Waals surface area (Å²) < 4.78 is 18.9. The van der Waals surface area contributed by atoms with E-state index in [0.717, 1.165) is 16.5 Å². The van der Waals surface area contributed by atoms with Crippen LogP contribution in [0.4, 0.5) is 10.2 Å². The van der Waals surface area contributed by atoms with Crippen molar-refractivity contribution in [2.75, 3.05) is 5.73 Å². The van der Waals surface area contributed by atoms with E-state index in [0.29, 0.717) is 23.7 Å². The van der Waals surface area contributed by atoms with Crippen molar-refractivity contribution in [3.63, 3.8) is 0 Å². The van der Waals surface area contributed by atoms with Gasteiger partial charge in [-0.15, -0.1) is 0 Å². The lowest BCUT2D eigenvalue weighted by Gasteiger charge is -2.10. The number of aromatic nitrogens is 1. The predicted molar refractivity (Wildman–Crippen MR) is 81.6 cm³/mol. The minimum atomic E-state index is -0.241. The SMILES string of the molecule is Cc1cc(OCc2cc3ccccc3nc2N)ccc1F. The lowest BCUT2D eigenvalue weighted by Crippen LogP contribution is -2.03. The van der Waals surface area contributed by atoms with Gasteiger partial charge in [0.2, 0.25) is 0 Å². The standard InChI is InChI=1S/C17H15FN2O/c1-11-8-14(6-7-15(11)18)21-10-13-9-12-4-2-3-5-16(12)20-17(13)19/h2-9H,10H2,1H3,(H2,19,20). The molecule has 0 bridgehead atoms. The van der Waals surface area contributed by atoms with Gasteiger partial charge in [0.25, 0.3) is 0 Å². The normalized spacial score (nSPS) is 10.8. The largest absolute Gasteiger partial charge is 0.489 e. The average molecular weight is 282 g/mol. The molecule has 0 atom stereocenters. The van der Waals surface area contributed by atoms with Crippen molar-refractivity contribution >= 4 is 16.7 Å². The quantitative estimate of drug-likeness (QED) is 0.794. The zero-order valence-corrected chi connectivity index (χ0v) is 11.6. The summed E-state index contributed by atoms with van der Waals surface area (Å²) in [5.41, 5.74) is 8.18. The van der Waals surface area contributed by atoms with Crippen LogP contribution in [0.25, 0.3) is 10.9 Å². The lowest BCUT2D eigenvalue weighted by atomic mass is 10.1. The van der Waals surface area contributed by atoms with Crippen LogP contribution in [0.2, 0.25) is 0 Å². The molecule has 3 aromatic rings. The molecule has 106 valence electrons. The second-order valence-electron chi connectivity index (χ2n) is 4.93. The van der Waals surface area contributed by atoms with Crippen LogP contribution >= 0.6 is 0 Å². The van der Waals surface area contributed by atoms with Crippen LogP contribution in [-0.4, -0.2) is 4.98 Å². The highest BCUT2D eigenvalue weighted by atomic mass is 19.1. The van der Waals surface area contributed by atoms with E-state index < -0.39 is 0 Å². The van der Waals surface area contributed by atoms with Gasteiger partial charge in [-0.25, -0.2) is 9.37 Å². The Hall–Kier alpha value is -2.62. The van der Waals surface area contributed by atoms with E-state index in [4.69, 9.17) is 10.5 Å². The van der Waals surface area contributed by atoms with E-state index in [9.17, 15) is 4.39 Å². The van der Waals surface area contributed by atoms with E-state index in [1.807, 2.05) is 30.3 Å². The molecule has 3 nitrogen and oxygen atoms in total. The van der Waals surface area contributed by atoms with Gasteiger partial charge in [0, 0.05) is 10.9 Å². The molecule has 2 N–H and O–H groups in total. The third-order valence-electron chi connectivity index (χ3n) is 3.36. The number of benzene rings is 2. The van der Waals surface area contributed by atoms with Crippen molar-refractivity contribution in [3.05, 3.63) is 65.5 Å². The summed E-state index contributed by atoms with van der Waals surface area (Å²) in [7, 11) is 0. The number of nitrogens with zero attached hydrogens (tertiary/aromatic N) is 1. The molecule has 4 heteroatoms. The fourth-order valence-electron chi connectivity index (χ4n) is 2.16. The van der Waals surface area contributed by atoms with Gasteiger partial charge in [-0.1, -0.05) is 18.2 Å². The summed E-state index contributed by atoms with van der Waals surface area (Å²) in [5.74, 6) is 0.822. The van der Waals surface area contributed by atoms with Gasteiger partial charge in [-0.05, 0) is 42.8 Å². The smallest absolute Gasteiger partial charge is 0.130 e. The zero-order chi connectivity index (χ0) is 14.8. The van der Waals surface area contributed by atoms with Crippen molar-refractivity contribution in [1.29, 1.82) is 0 Å². The Kier molecular flexibility index (Phi) is 3.44. The first-order chi connectivity index (χ1) is 10.1. The number of pyridine rings is 1. The minimum absolute atomic E-state index is 0.241. The Labute approximate surface area is 122 Å². The fraction of sp³-hybridized carbons (Fsp3) is 0.118. The molecule has 0 unspecified atom stereocenters. The molecule has 21 heavy (non-hydrogen) atoms. The fourth-order valence-corrected chi connectivity index (χ4v) is 2.16. The topological polar surface area (TPSA) is 48.1 Å². The van der Waals surface area contributed by atoms with Crippen LogP contribution in [-0.2, 0) is 6.61 Å². The summed E-state index contributed by atoms with van der Waals surface area (Å²) >= 11 is 0. The van der Waals surface area contributed by atoms with E-state index in [1.54, 1.807) is 19.1 Å². The molecule has 0 radical (unpaired) electrons. The number of aryl methyl sites for hydroxylation is 1. The summed E-state index contributed by atoms with van der Waals surface area (Å²) in [6.07, 6.45) is 0. The molecule has 0 saturated carbocycles. The Morgan fingerprint density at radius 3 is 2.76 bits per heavy atom. The Morgan fingerprint density at radius 2 is 1.95 bits per heavy atom. The highest BCUT2D eigenvalue weighted by Gasteiger charge is 2.06. The molecule has 0 aliphatic carbocycles. The summed E-state index contributed by atoms with van der Waals surface area (Å²) in [6.45, 7) is 2.00. The van der Waals surface area contributed by atoms with Gasteiger partial charge in [0.05, 0.1) is 5.52 Å². The summed E-state index contributed by atoms with van der Waals surface area (Å²) in [6, 6.07) is 14.4. The first kappa shape index (κ1) is 13.4. The predicted octanol–water partition coefficient (Wildman–Crippen LogP) is 3.84. The van der Waals surface area contributed by atoms with Crippen LogP contribution in [0.1, 0.15) is 11.1 Å². The van der Waals surface area contributed by atoms with Gasteiger partial charge in [-0.3, -0.25) is 0 Å². The van der Waals surface area contributed by atoms with Crippen LogP contribution in [0, 0.1) is 12.7 Å². The van der Waals surface area contributed by atoms with Crippen molar-refractivity contribution in [1.82, 2.24) is 4.98 Å². The maximum absolute atomic E-state index is 13.2. The number of para-hydroxylation sites is 1. The molecular weight excluding hydrogens is 267 g/mol. The Balaban J connectivity index is 1.84. The number of nitrogens with two attached hydrogens (primary N) is 1. The van der Waals surface area contributed by atoms with Gasteiger partial charge in [-0.2, -0.15) is 0 Å².